The maximum absolute atomic E-state index is 12.5. The van der Waals surface area contributed by atoms with Crippen LogP contribution in [0, 0.1) is 0 Å². The molecule has 0 fully saturated rings. The molecule has 2 rings (SSSR count). The van der Waals surface area contributed by atoms with Gasteiger partial charge in [-0.25, -0.2) is 0 Å². The van der Waals surface area contributed by atoms with Crippen molar-refractivity contribution in [2.75, 3.05) is 0 Å². The first-order valence-electron chi connectivity index (χ1n) is 6.78. The van der Waals surface area contributed by atoms with Crippen LogP contribution in [0.4, 0.5) is 0 Å². The van der Waals surface area contributed by atoms with E-state index in [0.717, 1.165) is 16.7 Å². The maximum atomic E-state index is 12.5. The van der Waals surface area contributed by atoms with E-state index in [2.05, 4.69) is 36.3 Å². The lowest BCUT2D eigenvalue weighted by molar-refractivity contribution is 0.0937. The summed E-state index contributed by atoms with van der Waals surface area (Å²) in [6.45, 7) is 8.28. The Hall–Kier alpha value is -2.10. The molecule has 0 bridgehead atoms. The Balaban J connectivity index is 2.22. The first-order chi connectivity index (χ1) is 9.39. The minimum Gasteiger partial charge on any atom is -0.345 e. The third kappa shape index (κ3) is 3.07. The van der Waals surface area contributed by atoms with Gasteiger partial charge in [-0.05, 0) is 24.0 Å². The Bertz CT molecular complexity index is 582. The molecule has 20 heavy (non-hydrogen) atoms. The van der Waals surface area contributed by atoms with Gasteiger partial charge in [-0.3, -0.25) is 9.89 Å². The van der Waals surface area contributed by atoms with E-state index in [1.165, 1.54) is 0 Å². The summed E-state index contributed by atoms with van der Waals surface area (Å²) in [6, 6.07) is 7.67. The summed E-state index contributed by atoms with van der Waals surface area (Å²) in [5.74, 6) is -0.0516. The number of aromatic amines is 1. The fraction of sp³-hybridized carbons (Fsp3) is 0.375. The Morgan fingerprint density at radius 2 is 2.00 bits per heavy atom. The Morgan fingerprint density at radius 3 is 2.60 bits per heavy atom. The van der Waals surface area contributed by atoms with Crippen molar-refractivity contribution in [1.29, 1.82) is 0 Å². The number of carbonyl (C=O) groups is 1. The number of nitrogens with one attached hydrogen (secondary N) is 2. The Labute approximate surface area is 119 Å². The summed E-state index contributed by atoms with van der Waals surface area (Å²) >= 11 is 0. The van der Waals surface area contributed by atoms with E-state index in [1.54, 1.807) is 12.4 Å². The van der Waals surface area contributed by atoms with Crippen molar-refractivity contribution >= 4 is 5.91 Å². The molecule has 0 aliphatic rings. The SMILES string of the molecule is CC(NC(=O)c1ccccc1C(C)(C)C)c1cn[nH]c1. The van der Waals surface area contributed by atoms with E-state index in [9.17, 15) is 4.79 Å². The zero-order valence-electron chi connectivity index (χ0n) is 12.4. The molecule has 0 aliphatic heterocycles. The van der Waals surface area contributed by atoms with Crippen LogP contribution in [0.2, 0.25) is 0 Å². The van der Waals surface area contributed by atoms with Gasteiger partial charge in [-0.2, -0.15) is 5.10 Å². The maximum Gasteiger partial charge on any atom is 0.252 e. The number of amides is 1. The summed E-state index contributed by atoms with van der Waals surface area (Å²) < 4.78 is 0. The first-order valence-corrected chi connectivity index (χ1v) is 6.78. The van der Waals surface area contributed by atoms with Gasteiger partial charge in [0.05, 0.1) is 12.2 Å². The molecule has 0 saturated carbocycles. The highest BCUT2D eigenvalue weighted by Gasteiger charge is 2.22. The highest BCUT2D eigenvalue weighted by Crippen LogP contribution is 2.26. The summed E-state index contributed by atoms with van der Waals surface area (Å²) in [4.78, 5) is 12.5. The molecular weight excluding hydrogens is 250 g/mol. The molecule has 1 aromatic heterocycles. The van der Waals surface area contributed by atoms with Crippen LogP contribution in [0.1, 0.15) is 55.2 Å². The normalized spacial score (nSPS) is 13.0. The number of carbonyl (C=O) groups excluding carboxylic acids is 1. The quantitative estimate of drug-likeness (QED) is 0.900. The average molecular weight is 271 g/mol. The van der Waals surface area contributed by atoms with Crippen molar-refractivity contribution in [3.05, 3.63) is 53.3 Å². The van der Waals surface area contributed by atoms with Crippen LogP contribution in [0.3, 0.4) is 0 Å². The molecule has 0 saturated heterocycles. The Kier molecular flexibility index (Phi) is 3.93. The van der Waals surface area contributed by atoms with Crippen LogP contribution in [-0.4, -0.2) is 16.1 Å². The van der Waals surface area contributed by atoms with Gasteiger partial charge in [0.1, 0.15) is 0 Å². The number of nitrogens with zero attached hydrogens (tertiary/aromatic N) is 1. The standard InChI is InChI=1S/C16H21N3O/c1-11(12-9-17-18-10-12)19-15(20)13-7-5-6-8-14(13)16(2,3)4/h5-11H,1-4H3,(H,17,18)(H,19,20). The molecular formula is C16H21N3O. The van der Waals surface area contributed by atoms with Gasteiger partial charge in [0, 0.05) is 17.3 Å². The molecule has 2 aromatic rings. The first kappa shape index (κ1) is 14.3. The van der Waals surface area contributed by atoms with Crippen molar-refractivity contribution in [1.82, 2.24) is 15.5 Å². The number of rotatable bonds is 3. The van der Waals surface area contributed by atoms with Crippen LogP contribution in [0.15, 0.2) is 36.7 Å². The van der Waals surface area contributed by atoms with E-state index >= 15 is 0 Å². The third-order valence-electron chi connectivity index (χ3n) is 3.35. The molecule has 0 aliphatic carbocycles. The van der Waals surface area contributed by atoms with E-state index < -0.39 is 0 Å². The molecule has 2 N–H and O–H groups in total. The summed E-state index contributed by atoms with van der Waals surface area (Å²) in [6.07, 6.45) is 3.52. The van der Waals surface area contributed by atoms with Crippen molar-refractivity contribution in [3.63, 3.8) is 0 Å². The molecule has 0 spiro atoms. The van der Waals surface area contributed by atoms with Gasteiger partial charge < -0.3 is 5.32 Å². The van der Waals surface area contributed by atoms with E-state index in [-0.39, 0.29) is 17.4 Å². The zero-order chi connectivity index (χ0) is 14.8. The number of aromatic nitrogens is 2. The van der Waals surface area contributed by atoms with Crippen LogP contribution < -0.4 is 5.32 Å². The van der Waals surface area contributed by atoms with Crippen LogP contribution in [0.25, 0.3) is 0 Å². The fourth-order valence-electron chi connectivity index (χ4n) is 2.19. The van der Waals surface area contributed by atoms with Gasteiger partial charge >= 0.3 is 0 Å². The number of hydrogen-bond acceptors (Lipinski definition) is 2. The number of hydrogen-bond donors (Lipinski definition) is 2. The molecule has 4 nitrogen and oxygen atoms in total. The zero-order valence-corrected chi connectivity index (χ0v) is 12.4. The van der Waals surface area contributed by atoms with E-state index in [4.69, 9.17) is 0 Å². The number of benzene rings is 1. The number of H-pyrrole nitrogens is 1. The monoisotopic (exact) mass is 271 g/mol. The van der Waals surface area contributed by atoms with Crippen molar-refractivity contribution < 1.29 is 4.79 Å². The molecule has 1 atom stereocenters. The largest absolute Gasteiger partial charge is 0.345 e. The highest BCUT2D eigenvalue weighted by atomic mass is 16.1. The lowest BCUT2D eigenvalue weighted by atomic mass is 9.83. The topological polar surface area (TPSA) is 57.8 Å². The van der Waals surface area contributed by atoms with Gasteiger partial charge in [-0.15, -0.1) is 0 Å². The fourth-order valence-corrected chi connectivity index (χ4v) is 2.19. The van der Waals surface area contributed by atoms with Crippen molar-refractivity contribution in [3.8, 4) is 0 Å². The molecule has 4 heteroatoms. The summed E-state index contributed by atoms with van der Waals surface area (Å²) in [5.41, 5.74) is 2.69. The smallest absolute Gasteiger partial charge is 0.252 e. The van der Waals surface area contributed by atoms with Gasteiger partial charge in [0.2, 0.25) is 0 Å². The molecule has 1 unspecified atom stereocenters. The highest BCUT2D eigenvalue weighted by molar-refractivity contribution is 5.96. The van der Waals surface area contributed by atoms with Crippen LogP contribution in [-0.2, 0) is 5.41 Å². The van der Waals surface area contributed by atoms with Crippen LogP contribution in [0.5, 0.6) is 0 Å². The Morgan fingerprint density at radius 1 is 1.30 bits per heavy atom. The lowest BCUT2D eigenvalue weighted by Crippen LogP contribution is -2.29. The second-order valence-corrected chi connectivity index (χ2v) is 6.02. The predicted molar refractivity (Wildman–Crippen MR) is 79.6 cm³/mol. The predicted octanol–water partition coefficient (Wildman–Crippen LogP) is 3.20. The second-order valence-electron chi connectivity index (χ2n) is 6.02. The third-order valence-corrected chi connectivity index (χ3v) is 3.35. The van der Waals surface area contributed by atoms with Crippen LogP contribution >= 0.6 is 0 Å². The minimum absolute atomic E-state index is 0.0516. The summed E-state index contributed by atoms with van der Waals surface area (Å²) in [5, 5.41) is 9.67. The van der Waals surface area contributed by atoms with Gasteiger partial charge in [0.15, 0.2) is 0 Å². The lowest BCUT2D eigenvalue weighted by Gasteiger charge is -2.23. The van der Waals surface area contributed by atoms with Gasteiger partial charge in [0.25, 0.3) is 5.91 Å². The molecule has 106 valence electrons. The molecule has 1 amide bonds. The van der Waals surface area contributed by atoms with Crippen molar-refractivity contribution in [2.24, 2.45) is 0 Å². The second kappa shape index (κ2) is 5.49. The molecule has 1 heterocycles. The summed E-state index contributed by atoms with van der Waals surface area (Å²) in [7, 11) is 0. The van der Waals surface area contributed by atoms with Gasteiger partial charge in [-0.1, -0.05) is 39.0 Å². The molecule has 0 radical (unpaired) electrons. The average Bonchev–Trinajstić information content (AvgIpc) is 2.91. The minimum atomic E-state index is -0.0747. The molecule has 1 aromatic carbocycles. The van der Waals surface area contributed by atoms with E-state index in [1.807, 2.05) is 31.2 Å². The van der Waals surface area contributed by atoms with Crippen molar-refractivity contribution in [2.45, 2.75) is 39.2 Å². The van der Waals surface area contributed by atoms with E-state index in [0.29, 0.717) is 0 Å².